The molecule has 0 amide bonds. The molecule has 23 heavy (non-hydrogen) atoms. The van der Waals surface area contributed by atoms with Gasteiger partial charge in [-0.05, 0) is 17.7 Å². The zero-order chi connectivity index (χ0) is 18.0. The topological polar surface area (TPSA) is 72.8 Å². The molecule has 1 unspecified atom stereocenters. The second-order valence-electron chi connectivity index (χ2n) is 4.10. The highest BCUT2D eigenvalue weighted by atomic mass is 32.2. The van der Waals surface area contributed by atoms with Crippen LogP contribution in [-0.4, -0.2) is 14.7 Å². The summed E-state index contributed by atoms with van der Waals surface area (Å²) >= 11 is -3.41. The number of hydrogen-bond donors (Lipinski definition) is 1. The quantitative estimate of drug-likeness (QED) is 0.503. The number of rotatable bonds is 4. The Morgan fingerprint density at radius 1 is 1.13 bits per heavy atom. The fourth-order valence-corrected chi connectivity index (χ4v) is 1.86. The highest BCUT2D eigenvalue weighted by Crippen LogP contribution is 2.45. The van der Waals surface area contributed by atoms with E-state index in [0.717, 1.165) is 6.92 Å². The maximum Gasteiger partial charge on any atom is 0.420 e. The number of esters is 1. The van der Waals surface area contributed by atoms with E-state index in [2.05, 4.69) is 8.92 Å². The van der Waals surface area contributed by atoms with E-state index in [1.165, 1.54) is 0 Å². The zero-order valence-corrected chi connectivity index (χ0v) is 11.9. The van der Waals surface area contributed by atoms with Gasteiger partial charge in [0.15, 0.2) is 5.75 Å². The molecule has 1 rings (SSSR count). The number of ether oxygens (including phenoxy) is 1. The summed E-state index contributed by atoms with van der Waals surface area (Å²) in [6.07, 6.45) is -10.6. The molecule has 0 spiro atoms. The first-order valence-electron chi connectivity index (χ1n) is 5.56. The monoisotopic (exact) mass is 366 g/mol. The lowest BCUT2D eigenvalue weighted by Gasteiger charge is -2.18. The minimum Gasteiger partial charge on any atom is -0.461 e. The summed E-state index contributed by atoms with van der Waals surface area (Å²) < 4.78 is 105. The van der Waals surface area contributed by atoms with Crippen molar-refractivity contribution in [3.63, 3.8) is 0 Å². The Kier molecular flexibility index (Phi) is 5.64. The summed E-state index contributed by atoms with van der Waals surface area (Å²) in [6, 6.07) is 0.473. The molecular formula is C11H8F6O5S. The first-order valence-corrected chi connectivity index (χ1v) is 6.59. The Bertz CT molecular complexity index is 589. The second kappa shape index (κ2) is 6.74. The third-order valence-corrected chi connectivity index (χ3v) is 2.67. The molecule has 0 bridgehead atoms. The summed E-state index contributed by atoms with van der Waals surface area (Å²) in [7, 11) is 0. The summed E-state index contributed by atoms with van der Waals surface area (Å²) in [5.41, 5.74) is -4.45. The van der Waals surface area contributed by atoms with Crippen LogP contribution in [0.25, 0.3) is 0 Å². The van der Waals surface area contributed by atoms with Gasteiger partial charge in [0.1, 0.15) is 17.7 Å². The average molecular weight is 366 g/mol. The lowest BCUT2D eigenvalue weighted by atomic mass is 10.0. The van der Waals surface area contributed by atoms with Crippen molar-refractivity contribution < 1.29 is 48.8 Å². The van der Waals surface area contributed by atoms with E-state index in [4.69, 9.17) is 4.55 Å². The molecule has 0 aliphatic carbocycles. The second-order valence-corrected chi connectivity index (χ2v) is 4.70. The van der Waals surface area contributed by atoms with E-state index < -0.39 is 58.7 Å². The predicted octanol–water partition coefficient (Wildman–Crippen LogP) is 3.30. The van der Waals surface area contributed by atoms with Gasteiger partial charge in [0, 0.05) is 6.92 Å². The van der Waals surface area contributed by atoms with Crippen LogP contribution in [0.2, 0.25) is 0 Å². The van der Waals surface area contributed by atoms with Crippen LogP contribution in [-0.2, 0) is 39.9 Å². The van der Waals surface area contributed by atoms with Crippen molar-refractivity contribution in [1.29, 1.82) is 0 Å². The minimum atomic E-state index is -5.30. The minimum absolute atomic E-state index is 0.236. The molecule has 0 saturated carbocycles. The fraction of sp³-hybridized carbons (Fsp3) is 0.364. The van der Waals surface area contributed by atoms with Gasteiger partial charge in [-0.25, -0.2) is 0 Å². The van der Waals surface area contributed by atoms with E-state index in [-0.39, 0.29) is 12.1 Å². The molecule has 0 aliphatic rings. The number of carbonyl (C=O) groups excluding carboxylic acids is 1. The normalized spacial score (nSPS) is 13.6. The molecule has 5 nitrogen and oxygen atoms in total. The van der Waals surface area contributed by atoms with Crippen LogP contribution in [0, 0.1) is 0 Å². The standard InChI is InChI=1S/C11H8F6O5S/c1-5(18)21-4-6-2-7(10(12,13)14)9(22-23(19)20)8(3-6)11(15,16)17/h2-3H,4H2,1H3,(H,19,20). The van der Waals surface area contributed by atoms with Gasteiger partial charge >= 0.3 is 29.7 Å². The van der Waals surface area contributed by atoms with Gasteiger partial charge in [-0.1, -0.05) is 0 Å². The maximum atomic E-state index is 12.9. The number of hydrogen-bond acceptors (Lipinski definition) is 4. The summed E-state index contributed by atoms with van der Waals surface area (Å²) in [4.78, 5) is 10.6. The van der Waals surface area contributed by atoms with Gasteiger partial charge in [-0.3, -0.25) is 9.35 Å². The number of alkyl halides is 6. The Balaban J connectivity index is 3.57. The van der Waals surface area contributed by atoms with E-state index >= 15 is 0 Å². The molecule has 1 atom stereocenters. The molecule has 0 radical (unpaired) electrons. The van der Waals surface area contributed by atoms with Crippen molar-refractivity contribution in [2.24, 2.45) is 0 Å². The zero-order valence-electron chi connectivity index (χ0n) is 11.1. The molecule has 130 valence electrons. The molecule has 0 aromatic heterocycles. The first-order chi connectivity index (χ1) is 10.3. The summed E-state index contributed by atoms with van der Waals surface area (Å²) in [5.74, 6) is -2.75. The van der Waals surface area contributed by atoms with Crippen LogP contribution >= 0.6 is 0 Å². The molecule has 0 heterocycles. The lowest BCUT2D eigenvalue weighted by Crippen LogP contribution is -2.17. The van der Waals surface area contributed by atoms with E-state index in [1.807, 2.05) is 0 Å². The summed E-state index contributed by atoms with van der Waals surface area (Å²) in [6.45, 7) is 0.0751. The van der Waals surface area contributed by atoms with E-state index in [9.17, 15) is 35.3 Å². The molecule has 1 N–H and O–H groups in total. The molecule has 0 saturated heterocycles. The third kappa shape index (κ3) is 5.39. The van der Waals surface area contributed by atoms with Crippen LogP contribution in [0.1, 0.15) is 23.6 Å². The maximum absolute atomic E-state index is 12.9. The van der Waals surface area contributed by atoms with Crippen molar-refractivity contribution in [1.82, 2.24) is 0 Å². The van der Waals surface area contributed by atoms with Gasteiger partial charge in [0.25, 0.3) is 0 Å². The van der Waals surface area contributed by atoms with E-state index in [1.54, 1.807) is 0 Å². The summed E-state index contributed by atoms with van der Waals surface area (Å²) in [5, 5.41) is 0. The molecule has 12 heteroatoms. The first kappa shape index (κ1) is 19.2. The largest absolute Gasteiger partial charge is 0.461 e. The highest BCUT2D eigenvalue weighted by molar-refractivity contribution is 7.74. The fourth-order valence-electron chi connectivity index (χ4n) is 1.54. The van der Waals surface area contributed by atoms with Crippen molar-refractivity contribution >= 4 is 17.3 Å². The third-order valence-electron chi connectivity index (χ3n) is 2.36. The van der Waals surface area contributed by atoms with Crippen LogP contribution in [0.4, 0.5) is 26.3 Å². The Morgan fingerprint density at radius 2 is 1.57 bits per heavy atom. The number of carbonyl (C=O) groups is 1. The Hall–Kier alpha value is -1.82. The van der Waals surface area contributed by atoms with Gasteiger partial charge in [-0.15, -0.1) is 0 Å². The Labute approximate surface area is 127 Å². The van der Waals surface area contributed by atoms with E-state index in [0.29, 0.717) is 0 Å². The van der Waals surface area contributed by atoms with Crippen LogP contribution in [0.5, 0.6) is 5.75 Å². The average Bonchev–Trinajstić information content (AvgIpc) is 2.33. The smallest absolute Gasteiger partial charge is 0.420 e. The predicted molar refractivity (Wildman–Crippen MR) is 63.3 cm³/mol. The highest BCUT2D eigenvalue weighted by Gasteiger charge is 2.43. The van der Waals surface area contributed by atoms with Gasteiger partial charge in [-0.2, -0.15) is 30.6 Å². The van der Waals surface area contributed by atoms with Crippen LogP contribution in [0.15, 0.2) is 12.1 Å². The number of benzene rings is 1. The molecule has 1 aromatic carbocycles. The van der Waals surface area contributed by atoms with Gasteiger partial charge < -0.3 is 8.92 Å². The lowest BCUT2D eigenvalue weighted by molar-refractivity contribution is -0.144. The van der Waals surface area contributed by atoms with Crippen molar-refractivity contribution in [2.75, 3.05) is 0 Å². The van der Waals surface area contributed by atoms with Crippen molar-refractivity contribution in [2.45, 2.75) is 25.9 Å². The Morgan fingerprint density at radius 3 is 1.87 bits per heavy atom. The SMILES string of the molecule is CC(=O)OCc1cc(C(F)(F)F)c(OS(=O)O)c(C(F)(F)F)c1. The molecule has 1 aromatic rings. The van der Waals surface area contributed by atoms with Crippen molar-refractivity contribution in [3.8, 4) is 5.75 Å². The molecular weight excluding hydrogens is 358 g/mol. The van der Waals surface area contributed by atoms with Crippen molar-refractivity contribution in [3.05, 3.63) is 28.8 Å². The van der Waals surface area contributed by atoms with Crippen LogP contribution in [0.3, 0.4) is 0 Å². The number of halogens is 6. The van der Waals surface area contributed by atoms with Gasteiger partial charge in [0.05, 0.1) is 0 Å². The van der Waals surface area contributed by atoms with Crippen LogP contribution < -0.4 is 4.18 Å². The molecule has 0 fully saturated rings. The molecule has 0 aliphatic heterocycles. The van der Waals surface area contributed by atoms with Gasteiger partial charge in [0.2, 0.25) is 0 Å².